The zero-order valence-electron chi connectivity index (χ0n) is 5.66. The summed E-state index contributed by atoms with van der Waals surface area (Å²) in [5.41, 5.74) is 0.242. The fourth-order valence-corrected chi connectivity index (χ4v) is 2.06. The van der Waals surface area contributed by atoms with Crippen molar-refractivity contribution in [3.8, 4) is 5.75 Å². The number of hydrogen-bond acceptors (Lipinski definition) is 1. The summed E-state index contributed by atoms with van der Waals surface area (Å²) in [6, 6.07) is 1.47. The van der Waals surface area contributed by atoms with Gasteiger partial charge in [-0.15, -0.1) is 0 Å². The van der Waals surface area contributed by atoms with E-state index in [1.807, 2.05) is 0 Å². The van der Waals surface area contributed by atoms with Gasteiger partial charge in [0.15, 0.2) is 0 Å². The smallest absolute Gasteiger partial charge is 0.144 e. The van der Waals surface area contributed by atoms with Gasteiger partial charge in [-0.05, 0) is 44.8 Å². The molecule has 0 amide bonds. The van der Waals surface area contributed by atoms with Gasteiger partial charge in [0.05, 0.1) is 8.95 Å². The van der Waals surface area contributed by atoms with Crippen molar-refractivity contribution in [2.45, 2.75) is 6.92 Å². The molecule has 0 fully saturated rings. The monoisotopic (exact) mass is 282 g/mol. The standard InChI is InChI=1S/C7H5Br2FO/c1-3-6(10)4(8)2-5(9)7(3)11/h2,11H,1H3. The Balaban J connectivity index is 3.46. The molecule has 1 N–H and O–H groups in total. The van der Waals surface area contributed by atoms with Crippen LogP contribution in [-0.2, 0) is 0 Å². The van der Waals surface area contributed by atoms with Gasteiger partial charge in [0, 0.05) is 5.56 Å². The number of benzene rings is 1. The van der Waals surface area contributed by atoms with Gasteiger partial charge >= 0.3 is 0 Å². The van der Waals surface area contributed by atoms with Gasteiger partial charge in [0.25, 0.3) is 0 Å². The van der Waals surface area contributed by atoms with Crippen molar-refractivity contribution in [3.63, 3.8) is 0 Å². The second kappa shape index (κ2) is 3.11. The number of phenols is 1. The normalized spacial score (nSPS) is 10.2. The summed E-state index contributed by atoms with van der Waals surface area (Å²) in [4.78, 5) is 0. The lowest BCUT2D eigenvalue weighted by molar-refractivity contribution is 0.459. The van der Waals surface area contributed by atoms with Crippen molar-refractivity contribution in [2.24, 2.45) is 0 Å². The minimum atomic E-state index is -0.425. The summed E-state index contributed by atoms with van der Waals surface area (Å²) in [7, 11) is 0. The number of halogens is 3. The Labute approximate surface area is 80.5 Å². The molecule has 0 heterocycles. The van der Waals surface area contributed by atoms with Crippen molar-refractivity contribution in [1.82, 2.24) is 0 Å². The lowest BCUT2D eigenvalue weighted by atomic mass is 10.2. The number of rotatable bonds is 0. The van der Waals surface area contributed by atoms with Gasteiger partial charge in [-0.1, -0.05) is 0 Å². The SMILES string of the molecule is Cc1c(O)c(Br)cc(Br)c1F. The number of phenolic OH excluding ortho intramolecular Hbond substituents is 1. The average molecular weight is 284 g/mol. The number of hydrogen-bond donors (Lipinski definition) is 1. The predicted molar refractivity (Wildman–Crippen MR) is 48.2 cm³/mol. The van der Waals surface area contributed by atoms with E-state index in [1.54, 1.807) is 0 Å². The van der Waals surface area contributed by atoms with Crippen LogP contribution in [0.25, 0.3) is 0 Å². The molecule has 1 rings (SSSR count). The fourth-order valence-electron chi connectivity index (χ4n) is 0.705. The molecule has 0 aliphatic heterocycles. The molecular formula is C7H5Br2FO. The predicted octanol–water partition coefficient (Wildman–Crippen LogP) is 3.36. The molecule has 0 unspecified atom stereocenters. The van der Waals surface area contributed by atoms with E-state index < -0.39 is 5.82 Å². The molecule has 0 saturated heterocycles. The molecule has 1 aromatic carbocycles. The molecule has 0 atom stereocenters. The molecule has 1 nitrogen and oxygen atoms in total. The minimum absolute atomic E-state index is 0.0503. The molecule has 0 aliphatic rings. The van der Waals surface area contributed by atoms with E-state index in [-0.39, 0.29) is 11.3 Å². The third-order valence-corrected chi connectivity index (χ3v) is 2.56. The average Bonchev–Trinajstić information content (AvgIpc) is 1.97. The first-order chi connectivity index (χ1) is 5.04. The fraction of sp³-hybridized carbons (Fsp3) is 0.143. The highest BCUT2D eigenvalue weighted by Crippen LogP contribution is 2.33. The largest absolute Gasteiger partial charge is 0.506 e. The molecule has 4 heteroatoms. The van der Waals surface area contributed by atoms with Crippen LogP contribution in [0.1, 0.15) is 5.56 Å². The van der Waals surface area contributed by atoms with Crippen molar-refractivity contribution >= 4 is 31.9 Å². The Bertz CT molecular complexity index is 273. The quantitative estimate of drug-likeness (QED) is 0.724. The Hall–Kier alpha value is -0.0900. The molecule has 0 bridgehead atoms. The molecule has 11 heavy (non-hydrogen) atoms. The first-order valence-corrected chi connectivity index (χ1v) is 4.45. The highest BCUT2D eigenvalue weighted by molar-refractivity contribution is 9.11. The van der Waals surface area contributed by atoms with Crippen LogP contribution in [0.2, 0.25) is 0 Å². The van der Waals surface area contributed by atoms with E-state index in [2.05, 4.69) is 31.9 Å². The summed E-state index contributed by atoms with van der Waals surface area (Å²) >= 11 is 6.10. The van der Waals surface area contributed by atoms with Gasteiger partial charge < -0.3 is 5.11 Å². The first-order valence-electron chi connectivity index (χ1n) is 2.87. The Kier molecular flexibility index (Phi) is 2.54. The van der Waals surface area contributed by atoms with Gasteiger partial charge in [-0.25, -0.2) is 4.39 Å². The van der Waals surface area contributed by atoms with Crippen LogP contribution in [0.4, 0.5) is 4.39 Å². The second-order valence-electron chi connectivity index (χ2n) is 2.13. The molecule has 0 spiro atoms. The summed E-state index contributed by atoms with van der Waals surface area (Å²) in [5.74, 6) is -0.476. The molecule has 60 valence electrons. The van der Waals surface area contributed by atoms with Crippen LogP contribution in [0.5, 0.6) is 5.75 Å². The van der Waals surface area contributed by atoms with Gasteiger partial charge in [-0.2, -0.15) is 0 Å². The van der Waals surface area contributed by atoms with Gasteiger partial charge in [0.2, 0.25) is 0 Å². The maximum Gasteiger partial charge on any atom is 0.144 e. The van der Waals surface area contributed by atoms with E-state index in [0.29, 0.717) is 8.95 Å². The Morgan fingerprint density at radius 2 is 1.91 bits per heavy atom. The van der Waals surface area contributed by atoms with E-state index in [1.165, 1.54) is 13.0 Å². The summed E-state index contributed by atoms with van der Waals surface area (Å²) < 4.78 is 13.8. The van der Waals surface area contributed by atoms with E-state index in [0.717, 1.165) is 0 Å². The van der Waals surface area contributed by atoms with Crippen LogP contribution in [0, 0.1) is 12.7 Å². The number of aromatic hydroxyl groups is 1. The van der Waals surface area contributed by atoms with Crippen molar-refractivity contribution in [1.29, 1.82) is 0 Å². The highest BCUT2D eigenvalue weighted by Gasteiger charge is 2.10. The van der Waals surface area contributed by atoms with Crippen molar-refractivity contribution in [3.05, 3.63) is 26.4 Å². The summed E-state index contributed by atoms with van der Waals surface area (Å²) in [6.45, 7) is 1.51. The molecule has 0 radical (unpaired) electrons. The summed E-state index contributed by atoms with van der Waals surface area (Å²) in [5, 5.41) is 9.20. The topological polar surface area (TPSA) is 20.2 Å². The van der Waals surface area contributed by atoms with Crippen LogP contribution in [-0.4, -0.2) is 5.11 Å². The van der Waals surface area contributed by atoms with E-state index in [4.69, 9.17) is 0 Å². The van der Waals surface area contributed by atoms with E-state index in [9.17, 15) is 9.50 Å². The van der Waals surface area contributed by atoms with E-state index >= 15 is 0 Å². The third kappa shape index (κ3) is 1.56. The zero-order valence-corrected chi connectivity index (χ0v) is 8.83. The zero-order chi connectivity index (χ0) is 8.59. The minimum Gasteiger partial charge on any atom is -0.506 e. The van der Waals surface area contributed by atoms with Crippen LogP contribution < -0.4 is 0 Å². The Morgan fingerprint density at radius 3 is 2.45 bits per heavy atom. The van der Waals surface area contributed by atoms with Crippen molar-refractivity contribution in [2.75, 3.05) is 0 Å². The van der Waals surface area contributed by atoms with Gasteiger partial charge in [0.1, 0.15) is 11.6 Å². The first kappa shape index (κ1) is 9.00. The Morgan fingerprint density at radius 1 is 1.36 bits per heavy atom. The lowest BCUT2D eigenvalue weighted by Gasteiger charge is -2.03. The highest BCUT2D eigenvalue weighted by atomic mass is 79.9. The maximum atomic E-state index is 12.9. The maximum absolute atomic E-state index is 12.9. The van der Waals surface area contributed by atoms with Crippen LogP contribution >= 0.6 is 31.9 Å². The molecular weight excluding hydrogens is 279 g/mol. The van der Waals surface area contributed by atoms with Crippen molar-refractivity contribution < 1.29 is 9.50 Å². The van der Waals surface area contributed by atoms with Gasteiger partial charge in [-0.3, -0.25) is 0 Å². The third-order valence-electron chi connectivity index (χ3n) is 1.37. The molecule has 0 aromatic heterocycles. The molecule has 1 aromatic rings. The lowest BCUT2D eigenvalue weighted by Crippen LogP contribution is -1.85. The summed E-state index contributed by atoms with van der Waals surface area (Å²) in [6.07, 6.45) is 0. The van der Waals surface area contributed by atoms with Crippen LogP contribution in [0.3, 0.4) is 0 Å². The molecule has 0 aliphatic carbocycles. The molecule has 0 saturated carbocycles. The van der Waals surface area contributed by atoms with Crippen LogP contribution in [0.15, 0.2) is 15.0 Å². The second-order valence-corrected chi connectivity index (χ2v) is 3.84.